The maximum atomic E-state index is 13.8. The molecule has 4 nitrogen and oxygen atoms in total. The number of carbonyl (C=O) groups is 1. The van der Waals surface area contributed by atoms with E-state index in [1.54, 1.807) is 6.07 Å². The third-order valence-corrected chi connectivity index (χ3v) is 6.39. The maximum Gasteiger partial charge on any atom is 0.344 e. The van der Waals surface area contributed by atoms with Crippen LogP contribution in [0, 0.1) is 6.92 Å². The Kier molecular flexibility index (Phi) is 4.40. The number of rotatable bonds is 3. The highest BCUT2D eigenvalue weighted by molar-refractivity contribution is 6.04. The summed E-state index contributed by atoms with van der Waals surface area (Å²) >= 11 is 0. The van der Waals surface area contributed by atoms with Crippen LogP contribution in [0.4, 0.5) is 0 Å². The molecule has 0 aliphatic carbocycles. The molecule has 1 aliphatic rings. The van der Waals surface area contributed by atoms with Gasteiger partial charge in [-0.05, 0) is 41.5 Å². The van der Waals surface area contributed by atoms with Gasteiger partial charge in [-0.25, -0.2) is 4.79 Å². The van der Waals surface area contributed by atoms with Crippen molar-refractivity contribution in [1.82, 2.24) is 0 Å². The standard InChI is InChI=1S/C29H20O4/c1-17-10-12-19(13-11-17)24-25-27(22-8-4-5-9-23(22)32-29(25)31)33-28(24)26(30)21-15-14-18-6-2-3-7-20(18)16-21/h2-16,24,28H,1H3/t24-,28-/m0/s1. The number of Topliss-reactive ketones (excluding diaryl/α,β-unsaturated/α-hetero) is 1. The van der Waals surface area contributed by atoms with E-state index in [2.05, 4.69) is 0 Å². The van der Waals surface area contributed by atoms with Crippen LogP contribution in [0.15, 0.2) is 100 Å². The van der Waals surface area contributed by atoms with Crippen LogP contribution in [0.3, 0.4) is 0 Å². The van der Waals surface area contributed by atoms with E-state index in [9.17, 15) is 9.59 Å². The lowest BCUT2D eigenvalue weighted by Crippen LogP contribution is -2.31. The third kappa shape index (κ3) is 3.14. The second kappa shape index (κ2) is 7.45. The van der Waals surface area contributed by atoms with E-state index in [1.165, 1.54) is 0 Å². The molecule has 0 bridgehead atoms. The summed E-state index contributed by atoms with van der Waals surface area (Å²) in [5.41, 5.74) is 2.88. The molecule has 1 aliphatic heterocycles. The number of aryl methyl sites for hydroxylation is 1. The van der Waals surface area contributed by atoms with Crippen LogP contribution in [-0.2, 0) is 0 Å². The van der Waals surface area contributed by atoms with Crippen molar-refractivity contribution in [1.29, 1.82) is 0 Å². The average Bonchev–Trinajstić information content (AvgIpc) is 3.25. The summed E-state index contributed by atoms with van der Waals surface area (Å²) in [6.07, 6.45) is -0.863. The predicted molar refractivity (Wildman–Crippen MR) is 128 cm³/mol. The Morgan fingerprint density at radius 3 is 2.36 bits per heavy atom. The van der Waals surface area contributed by atoms with Crippen molar-refractivity contribution in [3.05, 3.63) is 124 Å². The minimum absolute atomic E-state index is 0.161. The fourth-order valence-electron chi connectivity index (χ4n) is 4.70. The Bertz CT molecular complexity index is 1590. The number of para-hydroxylation sites is 1. The zero-order valence-electron chi connectivity index (χ0n) is 17.9. The second-order valence-electron chi connectivity index (χ2n) is 8.48. The van der Waals surface area contributed by atoms with Gasteiger partial charge in [0.25, 0.3) is 0 Å². The molecule has 0 spiro atoms. The van der Waals surface area contributed by atoms with Crippen LogP contribution in [0.1, 0.15) is 33.0 Å². The lowest BCUT2D eigenvalue weighted by Gasteiger charge is -2.18. The molecular weight excluding hydrogens is 412 g/mol. The van der Waals surface area contributed by atoms with Crippen molar-refractivity contribution in [2.24, 2.45) is 0 Å². The van der Waals surface area contributed by atoms with Crippen LogP contribution in [0.2, 0.25) is 0 Å². The van der Waals surface area contributed by atoms with Gasteiger partial charge in [-0.15, -0.1) is 0 Å². The van der Waals surface area contributed by atoms with Gasteiger partial charge in [0, 0.05) is 5.56 Å². The first-order valence-electron chi connectivity index (χ1n) is 10.9. The number of ketones is 1. The van der Waals surface area contributed by atoms with Crippen LogP contribution < -0.4 is 10.4 Å². The normalized spacial score (nSPS) is 17.1. The number of benzene rings is 4. The molecule has 0 saturated heterocycles. The zero-order valence-corrected chi connectivity index (χ0v) is 17.9. The maximum absolute atomic E-state index is 13.8. The number of ether oxygens (including phenoxy) is 1. The number of fused-ring (bicyclic) bond motifs is 4. The molecule has 2 heterocycles. The molecule has 160 valence electrons. The summed E-state index contributed by atoms with van der Waals surface area (Å²) < 4.78 is 11.9. The molecule has 33 heavy (non-hydrogen) atoms. The Hall–Kier alpha value is -4.18. The van der Waals surface area contributed by atoms with E-state index >= 15 is 0 Å². The molecule has 0 unspecified atom stereocenters. The van der Waals surface area contributed by atoms with Crippen molar-refractivity contribution in [3.63, 3.8) is 0 Å². The third-order valence-electron chi connectivity index (χ3n) is 6.39. The largest absolute Gasteiger partial charge is 0.480 e. The first-order valence-corrected chi connectivity index (χ1v) is 10.9. The fourth-order valence-corrected chi connectivity index (χ4v) is 4.70. The average molecular weight is 432 g/mol. The lowest BCUT2D eigenvalue weighted by atomic mass is 9.85. The van der Waals surface area contributed by atoms with Gasteiger partial charge < -0.3 is 9.15 Å². The van der Waals surface area contributed by atoms with Crippen molar-refractivity contribution in [2.45, 2.75) is 18.9 Å². The van der Waals surface area contributed by atoms with Gasteiger partial charge in [-0.1, -0.05) is 78.4 Å². The lowest BCUT2D eigenvalue weighted by molar-refractivity contribution is 0.0808. The first kappa shape index (κ1) is 19.5. The van der Waals surface area contributed by atoms with Crippen molar-refractivity contribution in [3.8, 4) is 5.75 Å². The molecule has 4 heteroatoms. The second-order valence-corrected chi connectivity index (χ2v) is 8.48. The fraction of sp³-hybridized carbons (Fsp3) is 0.103. The van der Waals surface area contributed by atoms with Gasteiger partial charge in [-0.3, -0.25) is 4.79 Å². The van der Waals surface area contributed by atoms with E-state index in [0.29, 0.717) is 27.8 Å². The van der Waals surface area contributed by atoms with Gasteiger partial charge in [0.05, 0.1) is 16.9 Å². The monoisotopic (exact) mass is 432 g/mol. The molecule has 0 N–H and O–H groups in total. The van der Waals surface area contributed by atoms with E-state index in [1.807, 2.05) is 91.9 Å². The van der Waals surface area contributed by atoms with Gasteiger partial charge in [0.2, 0.25) is 5.78 Å². The van der Waals surface area contributed by atoms with E-state index in [4.69, 9.17) is 9.15 Å². The Balaban J connectivity index is 1.54. The quantitative estimate of drug-likeness (QED) is 0.258. The van der Waals surface area contributed by atoms with Crippen molar-refractivity contribution < 1.29 is 13.9 Å². The Labute approximate surface area is 190 Å². The van der Waals surface area contributed by atoms with Crippen LogP contribution in [-0.4, -0.2) is 11.9 Å². The molecule has 2 atom stereocenters. The molecule has 5 aromatic rings. The Morgan fingerprint density at radius 2 is 1.55 bits per heavy atom. The number of hydrogen-bond acceptors (Lipinski definition) is 4. The van der Waals surface area contributed by atoms with Crippen LogP contribution in [0.25, 0.3) is 21.7 Å². The van der Waals surface area contributed by atoms with Gasteiger partial charge in [0.15, 0.2) is 6.10 Å². The highest BCUT2D eigenvalue weighted by atomic mass is 16.5. The van der Waals surface area contributed by atoms with E-state index in [-0.39, 0.29) is 5.78 Å². The van der Waals surface area contributed by atoms with Crippen LogP contribution >= 0.6 is 0 Å². The minimum Gasteiger partial charge on any atom is -0.480 e. The molecule has 0 fully saturated rings. The number of carbonyl (C=O) groups excluding carboxylic acids is 1. The smallest absolute Gasteiger partial charge is 0.344 e. The summed E-state index contributed by atoms with van der Waals surface area (Å²) in [6.45, 7) is 2.00. The van der Waals surface area contributed by atoms with Crippen LogP contribution in [0.5, 0.6) is 5.75 Å². The molecule has 0 saturated carbocycles. The van der Waals surface area contributed by atoms with Gasteiger partial charge >= 0.3 is 5.63 Å². The molecule has 4 aromatic carbocycles. The predicted octanol–water partition coefficient (Wildman–Crippen LogP) is 6.03. The molecular formula is C29H20O4. The SMILES string of the molecule is Cc1ccc([C@H]2c3c(c4ccccc4oc3=O)O[C@@H]2C(=O)c2ccc3ccccc3c2)cc1. The molecule has 1 aromatic heterocycles. The number of hydrogen-bond donors (Lipinski definition) is 0. The summed E-state index contributed by atoms with van der Waals surface area (Å²) in [5, 5.41) is 2.74. The highest BCUT2D eigenvalue weighted by Crippen LogP contribution is 2.45. The topological polar surface area (TPSA) is 56.5 Å². The Morgan fingerprint density at radius 1 is 0.818 bits per heavy atom. The molecule has 0 radical (unpaired) electrons. The van der Waals surface area contributed by atoms with Crippen molar-refractivity contribution in [2.75, 3.05) is 0 Å². The van der Waals surface area contributed by atoms with Gasteiger partial charge in [-0.2, -0.15) is 0 Å². The van der Waals surface area contributed by atoms with E-state index < -0.39 is 17.6 Å². The molecule has 6 rings (SSSR count). The minimum atomic E-state index is -0.863. The first-order chi connectivity index (χ1) is 16.1. The summed E-state index contributed by atoms with van der Waals surface area (Å²) in [7, 11) is 0. The summed E-state index contributed by atoms with van der Waals surface area (Å²) in [4.78, 5) is 26.9. The molecule has 0 amide bonds. The zero-order chi connectivity index (χ0) is 22.5. The van der Waals surface area contributed by atoms with E-state index in [0.717, 1.165) is 21.9 Å². The summed E-state index contributed by atoms with van der Waals surface area (Å²) in [6, 6.07) is 28.7. The van der Waals surface area contributed by atoms with Gasteiger partial charge in [0.1, 0.15) is 11.3 Å². The highest BCUT2D eigenvalue weighted by Gasteiger charge is 2.44. The van der Waals surface area contributed by atoms with Crippen molar-refractivity contribution >= 4 is 27.5 Å². The summed E-state index contributed by atoms with van der Waals surface area (Å²) in [5.74, 6) is -0.280.